The first kappa shape index (κ1) is 24.4. The lowest BCUT2D eigenvalue weighted by molar-refractivity contribution is -0.384. The number of nitro groups is 1. The van der Waals surface area contributed by atoms with Crippen LogP contribution < -0.4 is 10.2 Å². The van der Waals surface area contributed by atoms with Gasteiger partial charge >= 0.3 is 0 Å². The van der Waals surface area contributed by atoms with Crippen molar-refractivity contribution in [3.05, 3.63) is 68.1 Å². The number of nitrogens with zero attached hydrogens (tertiary/aromatic N) is 3. The van der Waals surface area contributed by atoms with E-state index in [2.05, 4.69) is 5.32 Å². The molecular weight excluding hydrogens is 472 g/mol. The first-order valence-corrected chi connectivity index (χ1v) is 11.8. The number of hydrogen-bond donors (Lipinski definition) is 1. The zero-order valence-electron chi connectivity index (χ0n) is 19.3. The number of hydrogen-bond acceptors (Lipinski definition) is 8. The van der Waals surface area contributed by atoms with E-state index in [4.69, 9.17) is 4.74 Å². The van der Waals surface area contributed by atoms with Crippen LogP contribution in [0.5, 0.6) is 0 Å². The summed E-state index contributed by atoms with van der Waals surface area (Å²) in [5.41, 5.74) is 3.47. The van der Waals surface area contributed by atoms with Crippen LogP contribution >= 0.6 is 11.8 Å². The van der Waals surface area contributed by atoms with Gasteiger partial charge in [0.15, 0.2) is 0 Å². The third-order valence-corrected chi connectivity index (χ3v) is 6.61. The Bertz CT molecular complexity index is 1240. The Balaban J connectivity index is 1.56. The van der Waals surface area contributed by atoms with Crippen LogP contribution in [0, 0.1) is 24.0 Å². The molecule has 2 aromatic carbocycles. The molecule has 0 saturated carbocycles. The molecule has 0 atom stereocenters. The monoisotopic (exact) mass is 496 g/mol. The predicted octanol–water partition coefficient (Wildman–Crippen LogP) is 3.72. The van der Waals surface area contributed by atoms with Crippen molar-refractivity contribution in [2.45, 2.75) is 13.8 Å². The number of carbonyl (C=O) groups is 3. The zero-order valence-corrected chi connectivity index (χ0v) is 20.1. The van der Waals surface area contributed by atoms with Gasteiger partial charge in [-0.05, 0) is 54.9 Å². The normalized spacial score (nSPS) is 17.3. The number of thioether (sulfide) groups is 1. The van der Waals surface area contributed by atoms with Crippen LogP contribution in [0.15, 0.2) is 41.3 Å². The third kappa shape index (κ3) is 5.52. The summed E-state index contributed by atoms with van der Waals surface area (Å²) in [5.74, 6) is -1.11. The number of imide groups is 1. The second kappa shape index (κ2) is 10.3. The molecule has 11 heteroatoms. The topological polar surface area (TPSA) is 122 Å². The van der Waals surface area contributed by atoms with E-state index in [1.165, 1.54) is 18.2 Å². The third-order valence-electron chi connectivity index (χ3n) is 5.70. The lowest BCUT2D eigenvalue weighted by atomic mass is 10.1. The van der Waals surface area contributed by atoms with E-state index in [9.17, 15) is 24.5 Å². The van der Waals surface area contributed by atoms with Crippen molar-refractivity contribution in [1.29, 1.82) is 0 Å². The quantitative estimate of drug-likeness (QED) is 0.365. The summed E-state index contributed by atoms with van der Waals surface area (Å²) in [4.78, 5) is 52.0. The van der Waals surface area contributed by atoms with Crippen molar-refractivity contribution in [3.8, 4) is 0 Å². The Morgan fingerprint density at radius 2 is 1.91 bits per heavy atom. The Kier molecular flexibility index (Phi) is 7.17. The Morgan fingerprint density at radius 3 is 2.63 bits per heavy atom. The average Bonchev–Trinajstić information content (AvgIpc) is 3.09. The molecule has 0 spiro atoms. The molecule has 2 aliphatic heterocycles. The molecule has 2 saturated heterocycles. The number of nitro benzene ring substituents is 1. The molecule has 182 valence electrons. The van der Waals surface area contributed by atoms with E-state index in [1.807, 2.05) is 36.9 Å². The number of non-ortho nitro benzene ring substituents is 1. The maximum Gasteiger partial charge on any atom is 0.294 e. The van der Waals surface area contributed by atoms with Gasteiger partial charge in [-0.2, -0.15) is 0 Å². The molecule has 3 amide bonds. The van der Waals surface area contributed by atoms with Gasteiger partial charge in [-0.1, -0.05) is 12.1 Å². The minimum Gasteiger partial charge on any atom is -0.378 e. The van der Waals surface area contributed by atoms with Gasteiger partial charge in [-0.25, -0.2) is 0 Å². The molecule has 2 aliphatic rings. The Labute approximate surface area is 206 Å². The number of nitrogens with one attached hydrogen (secondary N) is 1. The molecule has 0 bridgehead atoms. The Hall–Kier alpha value is -3.70. The summed E-state index contributed by atoms with van der Waals surface area (Å²) < 4.78 is 5.38. The first-order valence-electron chi connectivity index (χ1n) is 11.0. The highest BCUT2D eigenvalue weighted by Gasteiger charge is 2.36. The summed E-state index contributed by atoms with van der Waals surface area (Å²) in [5, 5.41) is 13.5. The first-order chi connectivity index (χ1) is 16.7. The molecule has 0 unspecified atom stereocenters. The van der Waals surface area contributed by atoms with Crippen LogP contribution in [0.3, 0.4) is 0 Å². The highest BCUT2D eigenvalue weighted by atomic mass is 32.2. The van der Waals surface area contributed by atoms with Gasteiger partial charge in [0.05, 0.1) is 23.0 Å². The number of amides is 3. The van der Waals surface area contributed by atoms with Gasteiger partial charge in [0.2, 0.25) is 5.91 Å². The maximum absolute atomic E-state index is 13.0. The number of benzene rings is 2. The van der Waals surface area contributed by atoms with E-state index >= 15 is 0 Å². The molecule has 0 aromatic heterocycles. The van der Waals surface area contributed by atoms with E-state index in [1.54, 1.807) is 6.07 Å². The number of carbonyl (C=O) groups excluding carboxylic acids is 3. The summed E-state index contributed by atoms with van der Waals surface area (Å²) in [6.07, 6.45) is 1.48. The van der Waals surface area contributed by atoms with Crippen molar-refractivity contribution in [2.75, 3.05) is 43.1 Å². The molecule has 35 heavy (non-hydrogen) atoms. The minimum absolute atomic E-state index is 0.101. The van der Waals surface area contributed by atoms with Gasteiger partial charge in [0.1, 0.15) is 6.54 Å². The van der Waals surface area contributed by atoms with Gasteiger partial charge in [0, 0.05) is 42.2 Å². The van der Waals surface area contributed by atoms with Crippen LogP contribution in [-0.2, 0) is 14.3 Å². The molecule has 2 heterocycles. The van der Waals surface area contributed by atoms with Gasteiger partial charge in [-0.3, -0.25) is 29.4 Å². The van der Waals surface area contributed by atoms with Crippen LogP contribution in [0.4, 0.5) is 21.9 Å². The van der Waals surface area contributed by atoms with Crippen molar-refractivity contribution in [1.82, 2.24) is 4.90 Å². The molecular formula is C24H24N4O6S. The van der Waals surface area contributed by atoms with Crippen molar-refractivity contribution in [2.24, 2.45) is 0 Å². The van der Waals surface area contributed by atoms with E-state index in [0.29, 0.717) is 55.0 Å². The number of aryl methyl sites for hydroxylation is 2. The number of morpholine rings is 1. The molecule has 1 N–H and O–H groups in total. The standard InChI is InChI=1S/C24H24N4O6S/c1-15-3-4-16(2)19(11-15)25-22(29)14-27-23(30)21(35-24(27)31)13-17-12-18(28(32)33)5-6-20(17)26-7-9-34-10-8-26/h3-6,11-13H,7-10,14H2,1-2H3,(H,25,29)/b21-13-. The highest BCUT2D eigenvalue weighted by Crippen LogP contribution is 2.35. The van der Waals surface area contributed by atoms with Gasteiger partial charge < -0.3 is 15.0 Å². The number of ether oxygens (including phenoxy) is 1. The predicted molar refractivity (Wildman–Crippen MR) is 133 cm³/mol. The second-order valence-electron chi connectivity index (χ2n) is 8.23. The molecule has 2 aromatic rings. The summed E-state index contributed by atoms with van der Waals surface area (Å²) >= 11 is 0.706. The highest BCUT2D eigenvalue weighted by molar-refractivity contribution is 8.18. The maximum atomic E-state index is 13.0. The fraction of sp³-hybridized carbons (Fsp3) is 0.292. The lowest BCUT2D eigenvalue weighted by Gasteiger charge is -2.30. The van der Waals surface area contributed by atoms with Crippen molar-refractivity contribution in [3.63, 3.8) is 0 Å². The molecule has 4 rings (SSSR count). The van der Waals surface area contributed by atoms with Crippen LogP contribution in [-0.4, -0.2) is 59.7 Å². The molecule has 0 radical (unpaired) electrons. The second-order valence-corrected chi connectivity index (χ2v) is 9.23. The van der Waals surface area contributed by atoms with E-state index in [0.717, 1.165) is 16.0 Å². The summed E-state index contributed by atoms with van der Waals surface area (Å²) in [7, 11) is 0. The number of rotatable bonds is 6. The van der Waals surface area contributed by atoms with Crippen LogP contribution in [0.25, 0.3) is 6.08 Å². The average molecular weight is 497 g/mol. The smallest absolute Gasteiger partial charge is 0.294 e. The van der Waals surface area contributed by atoms with E-state index in [-0.39, 0.29) is 10.6 Å². The van der Waals surface area contributed by atoms with Crippen LogP contribution in [0.2, 0.25) is 0 Å². The SMILES string of the molecule is Cc1ccc(C)c(NC(=O)CN2C(=O)S/C(=C\c3cc([N+](=O)[O-])ccc3N3CCOCC3)C2=O)c1. The number of anilines is 2. The molecule has 10 nitrogen and oxygen atoms in total. The van der Waals surface area contributed by atoms with Gasteiger partial charge in [0.25, 0.3) is 16.8 Å². The molecule has 2 fully saturated rings. The molecule has 0 aliphatic carbocycles. The van der Waals surface area contributed by atoms with Crippen molar-refractivity contribution >= 4 is 52.0 Å². The van der Waals surface area contributed by atoms with Crippen molar-refractivity contribution < 1.29 is 24.0 Å². The Morgan fingerprint density at radius 1 is 1.17 bits per heavy atom. The zero-order chi connectivity index (χ0) is 25.1. The summed E-state index contributed by atoms with van der Waals surface area (Å²) in [6.45, 7) is 5.54. The largest absolute Gasteiger partial charge is 0.378 e. The van der Waals surface area contributed by atoms with Gasteiger partial charge in [-0.15, -0.1) is 0 Å². The summed E-state index contributed by atoms with van der Waals surface area (Å²) in [6, 6.07) is 10.0. The lowest BCUT2D eigenvalue weighted by Crippen LogP contribution is -2.36. The van der Waals surface area contributed by atoms with Crippen LogP contribution in [0.1, 0.15) is 16.7 Å². The van der Waals surface area contributed by atoms with E-state index < -0.39 is 28.5 Å². The fourth-order valence-electron chi connectivity index (χ4n) is 3.84. The fourth-order valence-corrected chi connectivity index (χ4v) is 4.67. The minimum atomic E-state index is -0.615.